The average molecular weight is 358 g/mol. The molecule has 0 fully saturated rings. The summed E-state index contributed by atoms with van der Waals surface area (Å²) < 4.78 is 0. The Balaban J connectivity index is 1.74. The van der Waals surface area contributed by atoms with Crippen LogP contribution in [0.4, 0.5) is 5.69 Å². The molecule has 2 amide bonds. The minimum atomic E-state index is -0.319. The standard InChI is InChI=1S/C19H20ClN3O2/c1-13-3-8-17(11-14(13)2)22-18(24)9-10-19(25)23-21-12-15-4-6-16(20)7-5-15/h3-8,11-12H,9-10H2,1-2H3,(H,22,24)(H,23,25)/b21-12+. The second-order valence-electron chi connectivity index (χ2n) is 5.69. The Bertz CT molecular complexity index is 786. The van der Waals surface area contributed by atoms with Crippen molar-refractivity contribution >= 4 is 35.3 Å². The van der Waals surface area contributed by atoms with Crippen molar-refractivity contribution in [1.29, 1.82) is 0 Å². The lowest BCUT2D eigenvalue weighted by Crippen LogP contribution is -2.20. The van der Waals surface area contributed by atoms with E-state index >= 15 is 0 Å². The largest absolute Gasteiger partial charge is 0.326 e. The number of rotatable bonds is 6. The maximum atomic E-state index is 11.9. The van der Waals surface area contributed by atoms with Gasteiger partial charge in [-0.25, -0.2) is 5.43 Å². The molecule has 0 aliphatic heterocycles. The SMILES string of the molecule is Cc1ccc(NC(=O)CCC(=O)N/N=C/c2ccc(Cl)cc2)cc1C. The van der Waals surface area contributed by atoms with Gasteiger partial charge in [0.05, 0.1) is 6.21 Å². The number of nitrogens with zero attached hydrogens (tertiary/aromatic N) is 1. The van der Waals surface area contributed by atoms with Crippen LogP contribution in [0, 0.1) is 13.8 Å². The van der Waals surface area contributed by atoms with Gasteiger partial charge in [-0.1, -0.05) is 29.8 Å². The highest BCUT2D eigenvalue weighted by atomic mass is 35.5. The van der Waals surface area contributed by atoms with Crippen molar-refractivity contribution in [2.45, 2.75) is 26.7 Å². The highest BCUT2D eigenvalue weighted by Gasteiger charge is 2.07. The van der Waals surface area contributed by atoms with Crippen LogP contribution < -0.4 is 10.7 Å². The molecule has 2 rings (SSSR count). The van der Waals surface area contributed by atoms with Crippen LogP contribution in [0.1, 0.15) is 29.5 Å². The summed E-state index contributed by atoms with van der Waals surface area (Å²) in [5.74, 6) is -0.527. The Morgan fingerprint density at radius 3 is 2.36 bits per heavy atom. The first-order valence-corrected chi connectivity index (χ1v) is 8.26. The van der Waals surface area contributed by atoms with Crippen LogP contribution in [0.15, 0.2) is 47.6 Å². The molecule has 2 N–H and O–H groups in total. The first-order valence-electron chi connectivity index (χ1n) is 7.88. The Hall–Kier alpha value is -2.66. The van der Waals surface area contributed by atoms with Crippen molar-refractivity contribution in [2.75, 3.05) is 5.32 Å². The van der Waals surface area contributed by atoms with Crippen molar-refractivity contribution in [2.24, 2.45) is 5.10 Å². The number of halogens is 1. The molecule has 0 saturated heterocycles. The van der Waals surface area contributed by atoms with Crippen LogP contribution >= 0.6 is 11.6 Å². The van der Waals surface area contributed by atoms with Gasteiger partial charge >= 0.3 is 0 Å². The van der Waals surface area contributed by atoms with Crippen LogP contribution in [0.25, 0.3) is 0 Å². The smallest absolute Gasteiger partial charge is 0.240 e. The third kappa shape index (κ3) is 6.39. The molecule has 0 aliphatic carbocycles. The third-order valence-corrected chi connectivity index (χ3v) is 3.89. The van der Waals surface area contributed by atoms with Gasteiger partial charge in [-0.2, -0.15) is 5.10 Å². The Morgan fingerprint density at radius 1 is 1.00 bits per heavy atom. The number of aryl methyl sites for hydroxylation is 2. The van der Waals surface area contributed by atoms with Crippen LogP contribution in [-0.2, 0) is 9.59 Å². The van der Waals surface area contributed by atoms with Gasteiger partial charge in [0, 0.05) is 23.6 Å². The van der Waals surface area contributed by atoms with Gasteiger partial charge in [0.2, 0.25) is 11.8 Å². The van der Waals surface area contributed by atoms with E-state index in [2.05, 4.69) is 15.8 Å². The molecule has 2 aromatic carbocycles. The van der Waals surface area contributed by atoms with E-state index < -0.39 is 0 Å². The number of amides is 2. The van der Waals surface area contributed by atoms with E-state index in [0.717, 1.165) is 22.4 Å². The zero-order chi connectivity index (χ0) is 18.2. The lowest BCUT2D eigenvalue weighted by atomic mass is 10.1. The van der Waals surface area contributed by atoms with Gasteiger partial charge in [-0.15, -0.1) is 0 Å². The topological polar surface area (TPSA) is 70.6 Å². The Kier molecular flexibility index (Phi) is 6.71. The summed E-state index contributed by atoms with van der Waals surface area (Å²) in [6, 6.07) is 12.7. The van der Waals surface area contributed by atoms with Crippen LogP contribution in [-0.4, -0.2) is 18.0 Å². The molecule has 25 heavy (non-hydrogen) atoms. The molecule has 130 valence electrons. The number of anilines is 1. The number of carbonyl (C=O) groups is 2. The highest BCUT2D eigenvalue weighted by molar-refractivity contribution is 6.30. The normalized spacial score (nSPS) is 10.7. The molecule has 5 nitrogen and oxygen atoms in total. The molecule has 0 radical (unpaired) electrons. The summed E-state index contributed by atoms with van der Waals surface area (Å²) in [7, 11) is 0. The molecule has 6 heteroatoms. The number of hydrazone groups is 1. The molecule has 0 atom stereocenters. The van der Waals surface area contributed by atoms with Crippen molar-refractivity contribution < 1.29 is 9.59 Å². The highest BCUT2D eigenvalue weighted by Crippen LogP contribution is 2.14. The zero-order valence-corrected chi connectivity index (χ0v) is 14.9. The second-order valence-corrected chi connectivity index (χ2v) is 6.13. The maximum Gasteiger partial charge on any atom is 0.240 e. The van der Waals surface area contributed by atoms with Gasteiger partial charge in [0.1, 0.15) is 0 Å². The van der Waals surface area contributed by atoms with E-state index in [-0.39, 0.29) is 24.7 Å². The number of benzene rings is 2. The minimum absolute atomic E-state index is 0.0641. The van der Waals surface area contributed by atoms with Gasteiger partial charge < -0.3 is 5.32 Å². The molecule has 0 aliphatic rings. The lowest BCUT2D eigenvalue weighted by molar-refractivity contribution is -0.124. The van der Waals surface area contributed by atoms with Crippen molar-refractivity contribution in [3.05, 3.63) is 64.2 Å². The number of hydrogen-bond acceptors (Lipinski definition) is 3. The summed E-state index contributed by atoms with van der Waals surface area (Å²) in [6.07, 6.45) is 1.67. The Morgan fingerprint density at radius 2 is 1.68 bits per heavy atom. The first-order chi connectivity index (χ1) is 11.9. The van der Waals surface area contributed by atoms with E-state index in [1.54, 1.807) is 24.3 Å². The van der Waals surface area contributed by atoms with Crippen molar-refractivity contribution in [3.8, 4) is 0 Å². The summed E-state index contributed by atoms with van der Waals surface area (Å²) in [4.78, 5) is 23.6. The van der Waals surface area contributed by atoms with Gasteiger partial charge in [0.25, 0.3) is 0 Å². The molecule has 0 saturated carbocycles. The predicted octanol–water partition coefficient (Wildman–Crippen LogP) is 3.83. The van der Waals surface area contributed by atoms with Crippen molar-refractivity contribution in [1.82, 2.24) is 5.43 Å². The molecule has 0 aromatic heterocycles. The fourth-order valence-electron chi connectivity index (χ4n) is 2.05. The molecule has 0 spiro atoms. The molecular weight excluding hydrogens is 338 g/mol. The number of carbonyl (C=O) groups excluding carboxylic acids is 2. The minimum Gasteiger partial charge on any atom is -0.326 e. The second kappa shape index (κ2) is 8.99. The zero-order valence-electron chi connectivity index (χ0n) is 14.2. The summed E-state index contributed by atoms with van der Waals surface area (Å²) in [5.41, 5.74) is 6.21. The van der Waals surface area contributed by atoms with E-state index in [1.165, 1.54) is 6.21 Å². The molecule has 0 bridgehead atoms. The van der Waals surface area contributed by atoms with E-state index in [1.807, 2.05) is 32.0 Å². The van der Waals surface area contributed by atoms with Gasteiger partial charge in [-0.05, 0) is 54.8 Å². The summed E-state index contributed by atoms with van der Waals surface area (Å²) >= 11 is 5.79. The number of nitrogens with one attached hydrogen (secondary N) is 2. The average Bonchev–Trinajstić information content (AvgIpc) is 2.58. The monoisotopic (exact) mass is 357 g/mol. The maximum absolute atomic E-state index is 11.9. The molecule has 0 unspecified atom stereocenters. The summed E-state index contributed by atoms with van der Waals surface area (Å²) in [5, 5.41) is 7.27. The van der Waals surface area contributed by atoms with Crippen LogP contribution in [0.5, 0.6) is 0 Å². The van der Waals surface area contributed by atoms with Crippen molar-refractivity contribution in [3.63, 3.8) is 0 Å². The quantitative estimate of drug-likeness (QED) is 0.609. The van der Waals surface area contributed by atoms with E-state index in [9.17, 15) is 9.59 Å². The number of hydrogen-bond donors (Lipinski definition) is 2. The fourth-order valence-corrected chi connectivity index (χ4v) is 2.18. The van der Waals surface area contributed by atoms with E-state index in [4.69, 9.17) is 11.6 Å². The molecule has 0 heterocycles. The Labute approximate surface area is 152 Å². The van der Waals surface area contributed by atoms with Crippen LogP contribution in [0.2, 0.25) is 5.02 Å². The fraction of sp³-hybridized carbons (Fsp3) is 0.211. The van der Waals surface area contributed by atoms with Gasteiger partial charge in [0.15, 0.2) is 0 Å². The molecular formula is C19H20ClN3O2. The summed E-state index contributed by atoms with van der Waals surface area (Å²) in [6.45, 7) is 3.99. The molecule has 2 aromatic rings. The third-order valence-electron chi connectivity index (χ3n) is 3.64. The van der Waals surface area contributed by atoms with Crippen LogP contribution in [0.3, 0.4) is 0 Å². The predicted molar refractivity (Wildman–Crippen MR) is 101 cm³/mol. The first kappa shape index (κ1) is 18.7. The van der Waals surface area contributed by atoms with E-state index in [0.29, 0.717) is 5.02 Å². The lowest BCUT2D eigenvalue weighted by Gasteiger charge is -2.07. The van der Waals surface area contributed by atoms with Gasteiger partial charge in [-0.3, -0.25) is 9.59 Å².